The number of nitriles is 1. The fourth-order valence-electron chi connectivity index (χ4n) is 3.67. The number of hydrogen-bond donors (Lipinski definition) is 2. The highest BCUT2D eigenvalue weighted by molar-refractivity contribution is 7.11. The van der Waals surface area contributed by atoms with Crippen molar-refractivity contribution < 1.29 is 0 Å². The molecule has 1 unspecified atom stereocenters. The Morgan fingerprint density at radius 3 is 2.73 bits per heavy atom. The molecule has 0 amide bonds. The van der Waals surface area contributed by atoms with E-state index in [1.807, 2.05) is 35.8 Å². The number of fused-ring (bicyclic) bond motifs is 2. The number of aromatic amines is 1. The molecule has 0 bridgehead atoms. The highest BCUT2D eigenvalue weighted by atomic mass is 32.1. The van der Waals surface area contributed by atoms with Crippen molar-refractivity contribution in [2.24, 2.45) is 0 Å². The van der Waals surface area contributed by atoms with Crippen molar-refractivity contribution in [1.82, 2.24) is 10.2 Å². The smallest absolute Gasteiger partial charge is 0.130 e. The lowest BCUT2D eigenvalue weighted by Crippen LogP contribution is -2.16. The first-order valence-corrected chi connectivity index (χ1v) is 9.21. The standard InChI is InChI=1S/C21H14N4S/c22-11-16-19(15-8-3-6-13-5-1-2-7-14(13)15)17-12-23-25-21(17)24-20(16)18-9-4-10-26-18/h1-10,12,19H,(H2,23,24,25). The van der Waals surface area contributed by atoms with Gasteiger partial charge in [0.05, 0.1) is 34.3 Å². The Morgan fingerprint density at radius 1 is 1.00 bits per heavy atom. The highest BCUT2D eigenvalue weighted by Gasteiger charge is 2.32. The van der Waals surface area contributed by atoms with Gasteiger partial charge in [0.15, 0.2) is 0 Å². The van der Waals surface area contributed by atoms with Crippen molar-refractivity contribution in [2.75, 3.05) is 5.32 Å². The van der Waals surface area contributed by atoms with Crippen LogP contribution in [0.5, 0.6) is 0 Å². The average molecular weight is 354 g/mol. The van der Waals surface area contributed by atoms with Crippen molar-refractivity contribution in [3.63, 3.8) is 0 Å². The topological polar surface area (TPSA) is 64.5 Å². The summed E-state index contributed by atoms with van der Waals surface area (Å²) >= 11 is 1.62. The molecule has 124 valence electrons. The minimum Gasteiger partial charge on any atom is -0.338 e. The zero-order chi connectivity index (χ0) is 17.5. The Kier molecular flexibility index (Phi) is 3.37. The van der Waals surface area contributed by atoms with Gasteiger partial charge in [-0.3, -0.25) is 5.10 Å². The summed E-state index contributed by atoms with van der Waals surface area (Å²) in [5, 5.41) is 25.0. The van der Waals surface area contributed by atoms with Crippen LogP contribution in [-0.2, 0) is 0 Å². The van der Waals surface area contributed by atoms with E-state index in [4.69, 9.17) is 0 Å². The van der Waals surface area contributed by atoms with Gasteiger partial charge in [-0.2, -0.15) is 10.4 Å². The zero-order valence-corrected chi connectivity index (χ0v) is 14.5. The van der Waals surface area contributed by atoms with Crippen LogP contribution in [0, 0.1) is 11.3 Å². The first-order valence-electron chi connectivity index (χ1n) is 8.33. The van der Waals surface area contributed by atoms with Crippen LogP contribution in [0.15, 0.2) is 71.7 Å². The molecule has 1 aliphatic heterocycles. The number of allylic oxidation sites excluding steroid dienone is 1. The van der Waals surface area contributed by atoms with Gasteiger partial charge < -0.3 is 5.32 Å². The predicted octanol–water partition coefficient (Wildman–Crippen LogP) is 5.12. The maximum absolute atomic E-state index is 10.1. The lowest BCUT2D eigenvalue weighted by Gasteiger charge is -2.26. The summed E-state index contributed by atoms with van der Waals surface area (Å²) < 4.78 is 0. The maximum atomic E-state index is 10.1. The molecule has 0 saturated carbocycles. The number of rotatable bonds is 2. The van der Waals surface area contributed by atoms with E-state index in [1.54, 1.807) is 11.3 Å². The molecule has 4 nitrogen and oxygen atoms in total. The Labute approximate surface area is 154 Å². The van der Waals surface area contributed by atoms with Gasteiger partial charge in [0.2, 0.25) is 0 Å². The van der Waals surface area contributed by atoms with Crippen LogP contribution in [0.1, 0.15) is 21.9 Å². The van der Waals surface area contributed by atoms with Crippen molar-refractivity contribution in [3.05, 3.63) is 87.8 Å². The molecule has 0 radical (unpaired) electrons. The van der Waals surface area contributed by atoms with E-state index in [0.29, 0.717) is 0 Å². The van der Waals surface area contributed by atoms with Crippen molar-refractivity contribution in [3.8, 4) is 6.07 Å². The summed E-state index contributed by atoms with van der Waals surface area (Å²) in [7, 11) is 0. The fraction of sp³-hybridized carbons (Fsp3) is 0.0476. The number of anilines is 1. The molecule has 5 rings (SSSR count). The van der Waals surface area contributed by atoms with Crippen molar-refractivity contribution in [1.29, 1.82) is 5.26 Å². The number of benzene rings is 2. The Bertz CT molecular complexity index is 1170. The van der Waals surface area contributed by atoms with Crippen LogP contribution in [0.25, 0.3) is 16.5 Å². The second-order valence-corrected chi connectivity index (χ2v) is 7.15. The molecular weight excluding hydrogens is 340 g/mol. The molecule has 2 N–H and O–H groups in total. The Hall–Kier alpha value is -3.36. The van der Waals surface area contributed by atoms with Crippen LogP contribution in [-0.4, -0.2) is 10.2 Å². The number of nitrogens with one attached hydrogen (secondary N) is 2. The van der Waals surface area contributed by atoms with Crippen LogP contribution >= 0.6 is 11.3 Å². The molecule has 1 atom stereocenters. The second-order valence-electron chi connectivity index (χ2n) is 6.20. The van der Waals surface area contributed by atoms with E-state index in [0.717, 1.165) is 38.5 Å². The molecular formula is C21H14N4S. The molecule has 4 aromatic rings. The van der Waals surface area contributed by atoms with Gasteiger partial charge in [-0.05, 0) is 27.8 Å². The first kappa shape index (κ1) is 14.9. The molecule has 26 heavy (non-hydrogen) atoms. The van der Waals surface area contributed by atoms with Gasteiger partial charge in [-0.25, -0.2) is 0 Å². The number of aromatic nitrogens is 2. The van der Waals surface area contributed by atoms with E-state index < -0.39 is 0 Å². The van der Waals surface area contributed by atoms with Gasteiger partial charge >= 0.3 is 0 Å². The molecule has 2 aromatic carbocycles. The van der Waals surface area contributed by atoms with E-state index >= 15 is 0 Å². The minimum absolute atomic E-state index is 0.154. The SMILES string of the molecule is N#CC1=C(c2cccs2)Nc2[nH]ncc2C1c1cccc2ccccc12. The molecule has 1 aliphatic rings. The normalized spacial score (nSPS) is 16.2. The molecule has 0 fully saturated rings. The van der Waals surface area contributed by atoms with E-state index in [2.05, 4.69) is 51.9 Å². The predicted molar refractivity (Wildman–Crippen MR) is 105 cm³/mol. The van der Waals surface area contributed by atoms with E-state index in [1.165, 1.54) is 5.39 Å². The summed E-state index contributed by atoms with van der Waals surface area (Å²) in [6.45, 7) is 0. The monoisotopic (exact) mass is 354 g/mol. The number of hydrogen-bond acceptors (Lipinski definition) is 4. The molecule has 0 spiro atoms. The van der Waals surface area contributed by atoms with E-state index in [9.17, 15) is 5.26 Å². The van der Waals surface area contributed by atoms with Gasteiger partial charge in [0.1, 0.15) is 5.82 Å². The third-order valence-corrected chi connectivity index (χ3v) is 5.70. The maximum Gasteiger partial charge on any atom is 0.130 e. The van der Waals surface area contributed by atoms with Crippen LogP contribution in [0.3, 0.4) is 0 Å². The highest BCUT2D eigenvalue weighted by Crippen LogP contribution is 2.45. The van der Waals surface area contributed by atoms with Crippen LogP contribution < -0.4 is 5.32 Å². The third kappa shape index (κ3) is 2.17. The summed E-state index contributed by atoms with van der Waals surface area (Å²) in [4.78, 5) is 1.05. The summed E-state index contributed by atoms with van der Waals surface area (Å²) in [5.74, 6) is 0.698. The quantitative estimate of drug-likeness (QED) is 0.525. The van der Waals surface area contributed by atoms with Gasteiger partial charge in [0.25, 0.3) is 0 Å². The third-order valence-electron chi connectivity index (χ3n) is 4.81. The molecule has 0 saturated heterocycles. The largest absolute Gasteiger partial charge is 0.338 e. The molecule has 5 heteroatoms. The van der Waals surface area contributed by atoms with Crippen LogP contribution in [0.4, 0.5) is 5.82 Å². The lowest BCUT2D eigenvalue weighted by molar-refractivity contribution is 0.983. The number of H-pyrrole nitrogens is 1. The molecule has 2 aromatic heterocycles. The van der Waals surface area contributed by atoms with Crippen LogP contribution in [0.2, 0.25) is 0 Å². The van der Waals surface area contributed by atoms with E-state index in [-0.39, 0.29) is 5.92 Å². The Morgan fingerprint density at radius 2 is 1.88 bits per heavy atom. The van der Waals surface area contributed by atoms with Gasteiger partial charge in [-0.15, -0.1) is 11.3 Å². The minimum atomic E-state index is -0.154. The molecule has 0 aliphatic carbocycles. The average Bonchev–Trinajstić information content (AvgIpc) is 3.37. The fourth-order valence-corrected chi connectivity index (χ4v) is 4.41. The zero-order valence-electron chi connectivity index (χ0n) is 13.7. The number of nitrogens with zero attached hydrogens (tertiary/aromatic N) is 2. The van der Waals surface area contributed by atoms with Gasteiger partial charge in [-0.1, -0.05) is 48.5 Å². The summed E-state index contributed by atoms with van der Waals surface area (Å²) in [6.07, 6.45) is 1.82. The number of thiophene rings is 1. The Balaban J connectivity index is 1.82. The first-order chi connectivity index (χ1) is 12.9. The lowest BCUT2D eigenvalue weighted by atomic mass is 9.81. The van der Waals surface area contributed by atoms with Crippen molar-refractivity contribution in [2.45, 2.75) is 5.92 Å². The second kappa shape index (κ2) is 5.87. The summed E-state index contributed by atoms with van der Waals surface area (Å²) in [5.41, 5.74) is 3.70. The van der Waals surface area contributed by atoms with Crippen molar-refractivity contribution >= 4 is 33.6 Å². The van der Waals surface area contributed by atoms with Gasteiger partial charge in [0, 0.05) is 5.56 Å². The molecule has 3 heterocycles. The summed E-state index contributed by atoms with van der Waals surface area (Å²) in [6, 6.07) is 21.1.